The summed E-state index contributed by atoms with van der Waals surface area (Å²) in [5.74, 6) is 0.828. The van der Waals surface area contributed by atoms with Crippen LogP contribution in [0.15, 0.2) is 48.8 Å². The van der Waals surface area contributed by atoms with Gasteiger partial charge in [-0.05, 0) is 30.3 Å². The van der Waals surface area contributed by atoms with E-state index in [1.165, 1.54) is 18.0 Å². The average Bonchev–Trinajstić information content (AvgIpc) is 3.09. The summed E-state index contributed by atoms with van der Waals surface area (Å²) < 4.78 is 20.8. The van der Waals surface area contributed by atoms with E-state index in [1.54, 1.807) is 6.07 Å². The van der Waals surface area contributed by atoms with Gasteiger partial charge < -0.3 is 10.1 Å². The second kappa shape index (κ2) is 7.81. The molecule has 0 aliphatic carbocycles. The molecule has 1 aliphatic rings. The third-order valence-electron chi connectivity index (χ3n) is 4.54. The molecule has 0 amide bonds. The predicted octanol–water partition coefficient (Wildman–Crippen LogP) is 2.67. The molecule has 1 saturated heterocycles. The minimum absolute atomic E-state index is 0.102. The Bertz CT molecular complexity index is 897. The number of hydrogen-bond donors (Lipinski definition) is 1. The molecule has 140 valence electrons. The molecule has 0 spiro atoms. The Hall–Kier alpha value is -2.84. The van der Waals surface area contributed by atoms with Crippen molar-refractivity contribution in [2.75, 3.05) is 25.0 Å². The normalized spacial score (nSPS) is 17.8. The van der Waals surface area contributed by atoms with E-state index in [1.807, 2.05) is 42.2 Å². The smallest absolute Gasteiger partial charge is 0.141 e. The van der Waals surface area contributed by atoms with Gasteiger partial charge in [-0.1, -0.05) is 6.07 Å². The molecule has 4 rings (SSSR count). The second-order valence-electron chi connectivity index (χ2n) is 6.48. The highest BCUT2D eigenvalue weighted by molar-refractivity contribution is 5.51. The molecule has 0 aromatic carbocycles. The zero-order valence-electron chi connectivity index (χ0n) is 15.0. The summed E-state index contributed by atoms with van der Waals surface area (Å²) in [7, 11) is 1.95. The quantitative estimate of drug-likeness (QED) is 0.747. The van der Waals surface area contributed by atoms with E-state index in [4.69, 9.17) is 4.74 Å². The van der Waals surface area contributed by atoms with E-state index in [-0.39, 0.29) is 11.9 Å². The van der Waals surface area contributed by atoms with Gasteiger partial charge in [0.1, 0.15) is 23.6 Å². The highest BCUT2D eigenvalue weighted by Gasteiger charge is 2.24. The topological polar surface area (TPSA) is 68.1 Å². The lowest BCUT2D eigenvalue weighted by molar-refractivity contribution is -0.0355. The third-order valence-corrected chi connectivity index (χ3v) is 4.54. The molecular formula is C19H21FN6O. The van der Waals surface area contributed by atoms with Gasteiger partial charge in [-0.3, -0.25) is 9.58 Å². The van der Waals surface area contributed by atoms with Crippen LogP contribution in [0.5, 0.6) is 0 Å². The molecule has 1 atom stereocenters. The molecule has 3 aromatic rings. The Morgan fingerprint density at radius 1 is 1.22 bits per heavy atom. The lowest BCUT2D eigenvalue weighted by Gasteiger charge is -2.32. The number of ether oxygens (including phenoxy) is 1. The van der Waals surface area contributed by atoms with Crippen molar-refractivity contribution in [1.82, 2.24) is 24.6 Å². The molecular weight excluding hydrogens is 347 g/mol. The molecule has 1 unspecified atom stereocenters. The second-order valence-corrected chi connectivity index (χ2v) is 6.48. The minimum Gasteiger partial charge on any atom is -0.369 e. The van der Waals surface area contributed by atoms with E-state index in [2.05, 4.69) is 25.3 Å². The van der Waals surface area contributed by atoms with Gasteiger partial charge in [-0.2, -0.15) is 5.10 Å². The standard InChI is InChI=1S/C19H21FN6O/c1-25-15(7-8-22-25)12-26-9-10-27-17(13-26)16-3-2-4-19(23-16)24-18-6-5-14(20)11-21-18/h2-8,11,17H,9-10,12-13H2,1H3,(H,21,23,24). The van der Waals surface area contributed by atoms with Crippen molar-refractivity contribution in [3.05, 3.63) is 66.0 Å². The molecule has 1 N–H and O–H groups in total. The fraction of sp³-hybridized carbons (Fsp3) is 0.316. The van der Waals surface area contributed by atoms with E-state index in [0.717, 1.165) is 25.3 Å². The van der Waals surface area contributed by atoms with Gasteiger partial charge in [-0.25, -0.2) is 14.4 Å². The first-order chi connectivity index (χ1) is 13.2. The number of nitrogens with zero attached hydrogens (tertiary/aromatic N) is 5. The van der Waals surface area contributed by atoms with Crippen LogP contribution in [-0.4, -0.2) is 44.3 Å². The van der Waals surface area contributed by atoms with Gasteiger partial charge in [0.2, 0.25) is 0 Å². The lowest BCUT2D eigenvalue weighted by Crippen LogP contribution is -2.38. The molecule has 7 nitrogen and oxygen atoms in total. The first-order valence-electron chi connectivity index (χ1n) is 8.84. The van der Waals surface area contributed by atoms with Crippen molar-refractivity contribution < 1.29 is 9.13 Å². The van der Waals surface area contributed by atoms with Crippen LogP contribution >= 0.6 is 0 Å². The molecule has 1 fully saturated rings. The predicted molar refractivity (Wildman–Crippen MR) is 98.9 cm³/mol. The number of nitrogens with one attached hydrogen (secondary N) is 1. The molecule has 4 heterocycles. The van der Waals surface area contributed by atoms with Crippen molar-refractivity contribution in [2.24, 2.45) is 7.05 Å². The number of aromatic nitrogens is 4. The maximum atomic E-state index is 13.0. The van der Waals surface area contributed by atoms with Crippen LogP contribution in [0.4, 0.5) is 16.0 Å². The molecule has 1 aliphatic heterocycles. The minimum atomic E-state index is -0.369. The molecule has 27 heavy (non-hydrogen) atoms. The number of halogens is 1. The van der Waals surface area contributed by atoms with Gasteiger partial charge in [0.15, 0.2) is 0 Å². The largest absolute Gasteiger partial charge is 0.369 e. The number of hydrogen-bond acceptors (Lipinski definition) is 6. The van der Waals surface area contributed by atoms with Gasteiger partial charge >= 0.3 is 0 Å². The van der Waals surface area contributed by atoms with Crippen molar-refractivity contribution in [3.8, 4) is 0 Å². The van der Waals surface area contributed by atoms with Crippen LogP contribution in [0.3, 0.4) is 0 Å². The van der Waals surface area contributed by atoms with Crippen molar-refractivity contribution in [2.45, 2.75) is 12.6 Å². The molecule has 8 heteroatoms. The zero-order valence-corrected chi connectivity index (χ0v) is 15.0. The number of pyridine rings is 2. The number of aryl methyl sites for hydroxylation is 1. The van der Waals surface area contributed by atoms with Crippen LogP contribution in [0.25, 0.3) is 0 Å². The fourth-order valence-corrected chi connectivity index (χ4v) is 3.09. The third kappa shape index (κ3) is 4.29. The van der Waals surface area contributed by atoms with E-state index in [0.29, 0.717) is 18.2 Å². The van der Waals surface area contributed by atoms with Crippen LogP contribution in [0, 0.1) is 5.82 Å². The summed E-state index contributed by atoms with van der Waals surface area (Å²) in [6, 6.07) is 10.7. The van der Waals surface area contributed by atoms with Crippen molar-refractivity contribution in [3.63, 3.8) is 0 Å². The Morgan fingerprint density at radius 2 is 2.15 bits per heavy atom. The summed E-state index contributed by atoms with van der Waals surface area (Å²) in [4.78, 5) is 11.0. The number of anilines is 2. The Kier molecular flexibility index (Phi) is 5.08. The van der Waals surface area contributed by atoms with Crippen molar-refractivity contribution in [1.29, 1.82) is 0 Å². The monoisotopic (exact) mass is 368 g/mol. The van der Waals surface area contributed by atoms with Crippen LogP contribution in [-0.2, 0) is 18.3 Å². The van der Waals surface area contributed by atoms with Crippen LogP contribution in [0.2, 0.25) is 0 Å². The Labute approximate surface area is 156 Å². The van der Waals surface area contributed by atoms with Crippen LogP contribution < -0.4 is 5.32 Å². The van der Waals surface area contributed by atoms with Crippen molar-refractivity contribution >= 4 is 11.6 Å². The summed E-state index contributed by atoms with van der Waals surface area (Å²) in [5.41, 5.74) is 2.03. The number of rotatable bonds is 5. The summed E-state index contributed by atoms with van der Waals surface area (Å²) in [5, 5.41) is 7.32. The fourth-order valence-electron chi connectivity index (χ4n) is 3.09. The SMILES string of the molecule is Cn1nccc1CN1CCOC(c2cccc(Nc3ccc(F)cn3)n2)C1. The first kappa shape index (κ1) is 17.6. The van der Waals surface area contributed by atoms with Crippen LogP contribution in [0.1, 0.15) is 17.5 Å². The average molecular weight is 368 g/mol. The summed E-state index contributed by atoms with van der Waals surface area (Å²) in [6.07, 6.45) is 2.88. The zero-order chi connectivity index (χ0) is 18.6. The molecule has 3 aromatic heterocycles. The van der Waals surface area contributed by atoms with E-state index >= 15 is 0 Å². The molecule has 0 bridgehead atoms. The maximum absolute atomic E-state index is 13.0. The maximum Gasteiger partial charge on any atom is 0.141 e. The molecule has 0 saturated carbocycles. The summed E-state index contributed by atoms with van der Waals surface area (Å²) in [6.45, 7) is 3.12. The van der Waals surface area contributed by atoms with E-state index in [9.17, 15) is 4.39 Å². The highest BCUT2D eigenvalue weighted by atomic mass is 19.1. The van der Waals surface area contributed by atoms with E-state index < -0.39 is 0 Å². The Balaban J connectivity index is 1.44. The van der Waals surface area contributed by atoms with Gasteiger partial charge in [0.25, 0.3) is 0 Å². The van der Waals surface area contributed by atoms with Gasteiger partial charge in [-0.15, -0.1) is 0 Å². The number of morpholine rings is 1. The lowest BCUT2D eigenvalue weighted by atomic mass is 10.2. The highest BCUT2D eigenvalue weighted by Crippen LogP contribution is 2.23. The first-order valence-corrected chi connectivity index (χ1v) is 8.84. The Morgan fingerprint density at radius 3 is 2.93 bits per heavy atom. The molecule has 0 radical (unpaired) electrons. The summed E-state index contributed by atoms with van der Waals surface area (Å²) >= 11 is 0. The van der Waals surface area contributed by atoms with Gasteiger partial charge in [0, 0.05) is 32.9 Å². The van der Waals surface area contributed by atoms with Gasteiger partial charge in [0.05, 0.1) is 24.2 Å².